The molecule has 2 aromatic rings. The van der Waals surface area contributed by atoms with Crippen molar-refractivity contribution in [1.82, 2.24) is 0 Å². The highest BCUT2D eigenvalue weighted by atomic mass is 16.4. The van der Waals surface area contributed by atoms with Crippen LogP contribution in [0.1, 0.15) is 29.0 Å². The number of hydrogen-bond acceptors (Lipinski definition) is 2. The SMILES string of the molecule is Cc1ccc(C(Cc2ccccc2)C(CC(=O)O)C(=O)O)cc1. The summed E-state index contributed by atoms with van der Waals surface area (Å²) in [7, 11) is 0. The Bertz CT molecular complexity index is 662. The average Bonchev–Trinajstić information content (AvgIpc) is 2.52. The highest BCUT2D eigenvalue weighted by molar-refractivity contribution is 5.78. The molecule has 0 spiro atoms. The second-order valence-electron chi connectivity index (χ2n) is 5.75. The van der Waals surface area contributed by atoms with Crippen LogP contribution < -0.4 is 0 Å². The highest BCUT2D eigenvalue weighted by Crippen LogP contribution is 2.31. The summed E-state index contributed by atoms with van der Waals surface area (Å²) in [6.07, 6.45) is 0.106. The summed E-state index contributed by atoms with van der Waals surface area (Å²) in [6, 6.07) is 17.2. The molecule has 0 saturated carbocycles. The molecule has 0 bridgehead atoms. The molecule has 2 atom stereocenters. The van der Waals surface area contributed by atoms with Gasteiger partial charge >= 0.3 is 11.9 Å². The summed E-state index contributed by atoms with van der Waals surface area (Å²) >= 11 is 0. The largest absolute Gasteiger partial charge is 0.481 e. The number of carbonyl (C=O) groups is 2. The molecule has 0 fully saturated rings. The third-order valence-corrected chi connectivity index (χ3v) is 4.00. The standard InChI is InChI=1S/C19H20O4/c1-13-7-9-15(10-8-13)16(11-14-5-3-2-4-6-14)17(19(22)23)12-18(20)21/h2-10,16-17H,11-12H2,1H3,(H,20,21)(H,22,23). The first-order valence-corrected chi connectivity index (χ1v) is 7.52. The monoisotopic (exact) mass is 312 g/mol. The van der Waals surface area contributed by atoms with Crippen LogP contribution in [0, 0.1) is 12.8 Å². The molecule has 0 aliphatic rings. The summed E-state index contributed by atoms with van der Waals surface area (Å²) in [6.45, 7) is 1.96. The van der Waals surface area contributed by atoms with Gasteiger partial charge in [-0.05, 0) is 24.5 Å². The van der Waals surface area contributed by atoms with Gasteiger partial charge in [0.2, 0.25) is 0 Å². The molecule has 2 rings (SSSR count). The minimum Gasteiger partial charge on any atom is -0.481 e. The summed E-state index contributed by atoms with van der Waals surface area (Å²) in [5.41, 5.74) is 2.93. The van der Waals surface area contributed by atoms with Gasteiger partial charge in [-0.1, -0.05) is 60.2 Å². The van der Waals surface area contributed by atoms with Crippen molar-refractivity contribution in [3.63, 3.8) is 0 Å². The fraction of sp³-hybridized carbons (Fsp3) is 0.263. The molecule has 2 N–H and O–H groups in total. The fourth-order valence-electron chi connectivity index (χ4n) is 2.76. The van der Waals surface area contributed by atoms with Gasteiger partial charge in [0.05, 0.1) is 12.3 Å². The van der Waals surface area contributed by atoms with Gasteiger partial charge in [-0.15, -0.1) is 0 Å². The van der Waals surface area contributed by atoms with Crippen molar-refractivity contribution in [1.29, 1.82) is 0 Å². The maximum absolute atomic E-state index is 11.6. The number of rotatable bonds is 7. The third-order valence-electron chi connectivity index (χ3n) is 4.00. The first kappa shape index (κ1) is 16.7. The van der Waals surface area contributed by atoms with E-state index in [9.17, 15) is 14.7 Å². The van der Waals surface area contributed by atoms with E-state index in [1.165, 1.54) is 0 Å². The maximum atomic E-state index is 11.6. The quantitative estimate of drug-likeness (QED) is 0.820. The predicted molar refractivity (Wildman–Crippen MR) is 87.4 cm³/mol. The highest BCUT2D eigenvalue weighted by Gasteiger charge is 2.31. The zero-order chi connectivity index (χ0) is 16.8. The smallest absolute Gasteiger partial charge is 0.307 e. The lowest BCUT2D eigenvalue weighted by molar-refractivity contribution is -0.149. The van der Waals surface area contributed by atoms with Crippen LogP contribution in [0.5, 0.6) is 0 Å². The van der Waals surface area contributed by atoms with Crippen LogP contribution in [0.25, 0.3) is 0 Å². The zero-order valence-corrected chi connectivity index (χ0v) is 13.0. The Labute approximate surface area is 135 Å². The van der Waals surface area contributed by atoms with Crippen molar-refractivity contribution < 1.29 is 19.8 Å². The Kier molecular flexibility index (Phi) is 5.52. The van der Waals surface area contributed by atoms with Crippen LogP contribution >= 0.6 is 0 Å². The number of hydrogen-bond donors (Lipinski definition) is 2. The summed E-state index contributed by atoms with van der Waals surface area (Å²) in [5.74, 6) is -3.52. The van der Waals surface area contributed by atoms with Gasteiger partial charge in [0, 0.05) is 5.92 Å². The van der Waals surface area contributed by atoms with E-state index in [1.807, 2.05) is 61.5 Å². The molecular weight excluding hydrogens is 292 g/mol. The van der Waals surface area contributed by atoms with Gasteiger partial charge in [-0.3, -0.25) is 9.59 Å². The first-order valence-electron chi connectivity index (χ1n) is 7.52. The van der Waals surface area contributed by atoms with Gasteiger partial charge in [0.1, 0.15) is 0 Å². The second-order valence-corrected chi connectivity index (χ2v) is 5.75. The fourth-order valence-corrected chi connectivity index (χ4v) is 2.76. The van der Waals surface area contributed by atoms with E-state index in [0.717, 1.165) is 16.7 Å². The van der Waals surface area contributed by atoms with E-state index < -0.39 is 17.9 Å². The topological polar surface area (TPSA) is 74.6 Å². The van der Waals surface area contributed by atoms with Crippen molar-refractivity contribution in [3.05, 3.63) is 71.3 Å². The summed E-state index contributed by atoms with van der Waals surface area (Å²) in [4.78, 5) is 22.7. The van der Waals surface area contributed by atoms with E-state index in [-0.39, 0.29) is 12.3 Å². The maximum Gasteiger partial charge on any atom is 0.307 e. The van der Waals surface area contributed by atoms with Crippen molar-refractivity contribution in [3.8, 4) is 0 Å². The Morgan fingerprint density at radius 3 is 2.09 bits per heavy atom. The molecular formula is C19H20O4. The molecule has 120 valence electrons. The van der Waals surface area contributed by atoms with E-state index >= 15 is 0 Å². The molecule has 0 aromatic heterocycles. The van der Waals surface area contributed by atoms with Crippen LogP contribution in [0.3, 0.4) is 0 Å². The molecule has 2 aromatic carbocycles. The molecule has 23 heavy (non-hydrogen) atoms. The average molecular weight is 312 g/mol. The minimum atomic E-state index is -1.09. The van der Waals surface area contributed by atoms with Crippen LogP contribution in [0.15, 0.2) is 54.6 Å². The van der Waals surface area contributed by atoms with Crippen molar-refractivity contribution in [2.24, 2.45) is 5.92 Å². The van der Waals surface area contributed by atoms with Crippen LogP contribution in [0.4, 0.5) is 0 Å². The Hall–Kier alpha value is -2.62. The van der Waals surface area contributed by atoms with Gasteiger partial charge in [-0.2, -0.15) is 0 Å². The number of carboxylic acids is 2. The van der Waals surface area contributed by atoms with Crippen LogP contribution in [-0.2, 0) is 16.0 Å². The van der Waals surface area contributed by atoms with Gasteiger partial charge in [-0.25, -0.2) is 0 Å². The predicted octanol–water partition coefficient (Wildman–Crippen LogP) is 3.50. The van der Waals surface area contributed by atoms with Crippen molar-refractivity contribution in [2.45, 2.75) is 25.7 Å². The van der Waals surface area contributed by atoms with E-state index in [0.29, 0.717) is 6.42 Å². The normalized spacial score (nSPS) is 13.3. The molecule has 0 heterocycles. The molecule has 4 heteroatoms. The van der Waals surface area contributed by atoms with Gasteiger partial charge in [0.25, 0.3) is 0 Å². The number of carboxylic acid groups (broad SMARTS) is 2. The molecule has 0 aliphatic heterocycles. The van der Waals surface area contributed by atoms with Gasteiger partial charge < -0.3 is 10.2 Å². The molecule has 4 nitrogen and oxygen atoms in total. The Balaban J connectivity index is 2.38. The van der Waals surface area contributed by atoms with Crippen molar-refractivity contribution in [2.75, 3.05) is 0 Å². The lowest BCUT2D eigenvalue weighted by atomic mass is 9.79. The van der Waals surface area contributed by atoms with Crippen molar-refractivity contribution >= 4 is 11.9 Å². The lowest BCUT2D eigenvalue weighted by Gasteiger charge is -2.24. The number of benzene rings is 2. The van der Waals surface area contributed by atoms with Gasteiger partial charge in [0.15, 0.2) is 0 Å². The zero-order valence-electron chi connectivity index (χ0n) is 13.0. The molecule has 0 aliphatic carbocycles. The third kappa shape index (κ3) is 4.68. The van der Waals surface area contributed by atoms with E-state index in [1.54, 1.807) is 0 Å². The minimum absolute atomic E-state index is 0.383. The number of aryl methyl sites for hydroxylation is 1. The Morgan fingerprint density at radius 2 is 1.57 bits per heavy atom. The van der Waals surface area contributed by atoms with E-state index in [2.05, 4.69) is 0 Å². The molecule has 0 saturated heterocycles. The molecule has 2 unspecified atom stereocenters. The first-order chi connectivity index (χ1) is 11.0. The molecule has 0 radical (unpaired) electrons. The Morgan fingerprint density at radius 1 is 0.957 bits per heavy atom. The summed E-state index contributed by atoms with van der Waals surface area (Å²) < 4.78 is 0. The summed E-state index contributed by atoms with van der Waals surface area (Å²) in [5, 5.41) is 18.6. The lowest BCUT2D eigenvalue weighted by Crippen LogP contribution is -2.26. The van der Waals surface area contributed by atoms with E-state index in [4.69, 9.17) is 5.11 Å². The van der Waals surface area contributed by atoms with Crippen LogP contribution in [-0.4, -0.2) is 22.2 Å². The van der Waals surface area contributed by atoms with Crippen LogP contribution in [0.2, 0.25) is 0 Å². The molecule has 0 amide bonds. The second kappa shape index (κ2) is 7.58. The number of aliphatic carboxylic acids is 2.